The standard InChI is InChI=1S/C31H28FN9O/c1-17-10-19(13-21(32)11-17)27-28-24(6-9-35-27)38-31(39-28)30-29-25(40-41-30)3-2-23(37-29)20-14-22(16-34-15-20)36-26(42)12-18-4-7-33-8-5-18/h2-3,6,9-11,13-16,18,33H,4-5,7-8,12H2,1H3,(H,36,42)(H,38,39)(H,40,41). The van der Waals surface area contributed by atoms with Gasteiger partial charge in [-0.3, -0.25) is 19.9 Å². The van der Waals surface area contributed by atoms with Gasteiger partial charge in [-0.1, -0.05) is 0 Å². The summed E-state index contributed by atoms with van der Waals surface area (Å²) in [6.45, 7) is 3.76. The first kappa shape index (κ1) is 25.9. The van der Waals surface area contributed by atoms with E-state index in [0.717, 1.165) is 48.1 Å². The van der Waals surface area contributed by atoms with E-state index in [2.05, 4.69) is 35.8 Å². The summed E-state index contributed by atoms with van der Waals surface area (Å²) in [5, 5.41) is 13.9. The molecule has 11 heteroatoms. The van der Waals surface area contributed by atoms with Crippen molar-refractivity contribution in [2.24, 2.45) is 5.92 Å². The monoisotopic (exact) mass is 561 g/mol. The number of anilines is 1. The number of hydrogen-bond acceptors (Lipinski definition) is 7. The lowest BCUT2D eigenvalue weighted by Gasteiger charge is -2.21. The molecule has 6 heterocycles. The summed E-state index contributed by atoms with van der Waals surface area (Å²) in [7, 11) is 0. The largest absolute Gasteiger partial charge is 0.336 e. The number of piperidine rings is 1. The van der Waals surface area contributed by atoms with Gasteiger partial charge in [0.25, 0.3) is 0 Å². The van der Waals surface area contributed by atoms with Crippen molar-refractivity contribution in [1.29, 1.82) is 0 Å². The second-order valence-electron chi connectivity index (χ2n) is 10.7. The third kappa shape index (κ3) is 5.10. The lowest BCUT2D eigenvalue weighted by Crippen LogP contribution is -2.30. The van der Waals surface area contributed by atoms with Crippen LogP contribution in [0.3, 0.4) is 0 Å². The summed E-state index contributed by atoms with van der Waals surface area (Å²) >= 11 is 0. The van der Waals surface area contributed by atoms with Crippen LogP contribution < -0.4 is 10.6 Å². The molecular formula is C31H28FN9O. The highest BCUT2D eigenvalue weighted by molar-refractivity contribution is 5.95. The smallest absolute Gasteiger partial charge is 0.224 e. The zero-order valence-electron chi connectivity index (χ0n) is 22.9. The molecular weight excluding hydrogens is 533 g/mol. The Bertz CT molecular complexity index is 1920. The van der Waals surface area contributed by atoms with Crippen molar-refractivity contribution in [2.45, 2.75) is 26.2 Å². The number of rotatable bonds is 6. The van der Waals surface area contributed by atoms with Gasteiger partial charge in [0, 0.05) is 29.9 Å². The molecule has 1 saturated heterocycles. The number of amides is 1. The van der Waals surface area contributed by atoms with Crippen LogP contribution >= 0.6 is 0 Å². The summed E-state index contributed by atoms with van der Waals surface area (Å²) in [6.07, 6.45) is 7.56. The highest BCUT2D eigenvalue weighted by Crippen LogP contribution is 2.31. The summed E-state index contributed by atoms with van der Waals surface area (Å²) in [5.41, 5.74) is 7.39. The third-order valence-electron chi connectivity index (χ3n) is 7.60. The Kier molecular flexibility index (Phi) is 6.63. The summed E-state index contributed by atoms with van der Waals surface area (Å²) in [6, 6.07) is 12.3. The van der Waals surface area contributed by atoms with Crippen LogP contribution in [0, 0.1) is 18.7 Å². The molecule has 1 aromatic carbocycles. The van der Waals surface area contributed by atoms with Crippen molar-refractivity contribution in [1.82, 2.24) is 40.4 Å². The number of aromatic amines is 2. The summed E-state index contributed by atoms with van der Waals surface area (Å²) in [4.78, 5) is 34.5. The normalized spacial score (nSPS) is 14.0. The first-order valence-electron chi connectivity index (χ1n) is 13.9. The molecule has 1 aliphatic rings. The first-order valence-corrected chi connectivity index (χ1v) is 13.9. The van der Waals surface area contributed by atoms with Gasteiger partial charge >= 0.3 is 0 Å². The number of aryl methyl sites for hydroxylation is 1. The Morgan fingerprint density at radius 2 is 1.83 bits per heavy atom. The van der Waals surface area contributed by atoms with E-state index in [4.69, 9.17) is 9.97 Å². The van der Waals surface area contributed by atoms with Crippen molar-refractivity contribution >= 4 is 33.7 Å². The lowest BCUT2D eigenvalue weighted by molar-refractivity contribution is -0.117. The topological polar surface area (TPSA) is 137 Å². The number of carbonyl (C=O) groups excluding carboxylic acids is 1. The maximum absolute atomic E-state index is 14.2. The van der Waals surface area contributed by atoms with Gasteiger partial charge in [-0.05, 0) is 86.8 Å². The predicted octanol–water partition coefficient (Wildman–Crippen LogP) is 5.40. The van der Waals surface area contributed by atoms with Gasteiger partial charge in [0.1, 0.15) is 16.9 Å². The van der Waals surface area contributed by atoms with E-state index >= 15 is 0 Å². The van der Waals surface area contributed by atoms with E-state index in [0.29, 0.717) is 57.5 Å². The van der Waals surface area contributed by atoms with Crippen LogP contribution in [0.4, 0.5) is 10.1 Å². The Hall–Kier alpha value is -5.03. The Morgan fingerprint density at radius 3 is 2.69 bits per heavy atom. The van der Waals surface area contributed by atoms with E-state index in [1.54, 1.807) is 18.6 Å². The quantitative estimate of drug-likeness (QED) is 0.214. The van der Waals surface area contributed by atoms with Gasteiger partial charge in [0.05, 0.1) is 34.3 Å². The zero-order valence-corrected chi connectivity index (χ0v) is 22.9. The number of halogens is 1. The van der Waals surface area contributed by atoms with Crippen molar-refractivity contribution in [3.05, 3.63) is 72.4 Å². The summed E-state index contributed by atoms with van der Waals surface area (Å²) < 4.78 is 14.2. The molecule has 0 radical (unpaired) electrons. The molecule has 10 nitrogen and oxygen atoms in total. The molecule has 6 aromatic rings. The molecule has 5 aromatic heterocycles. The van der Waals surface area contributed by atoms with Crippen LogP contribution in [0.25, 0.3) is 56.1 Å². The minimum atomic E-state index is -0.325. The molecule has 4 N–H and O–H groups in total. The average Bonchev–Trinajstić information content (AvgIpc) is 3.61. The Balaban J connectivity index is 1.20. The van der Waals surface area contributed by atoms with Crippen LogP contribution in [-0.4, -0.2) is 54.1 Å². The van der Waals surface area contributed by atoms with Crippen LogP contribution in [-0.2, 0) is 4.79 Å². The van der Waals surface area contributed by atoms with E-state index in [1.165, 1.54) is 12.1 Å². The summed E-state index contributed by atoms with van der Waals surface area (Å²) in [5.74, 6) is 0.581. The average molecular weight is 562 g/mol. The van der Waals surface area contributed by atoms with Gasteiger partial charge in [-0.15, -0.1) is 0 Å². The molecule has 42 heavy (non-hydrogen) atoms. The number of imidazole rings is 1. The fourth-order valence-corrected chi connectivity index (χ4v) is 5.57. The van der Waals surface area contributed by atoms with E-state index < -0.39 is 0 Å². The number of carbonyl (C=O) groups is 1. The molecule has 0 spiro atoms. The number of pyridine rings is 3. The third-order valence-corrected chi connectivity index (χ3v) is 7.60. The second kappa shape index (κ2) is 10.7. The number of hydrogen-bond donors (Lipinski definition) is 4. The highest BCUT2D eigenvalue weighted by Gasteiger charge is 2.19. The van der Waals surface area contributed by atoms with Gasteiger partial charge in [0.15, 0.2) is 11.5 Å². The number of benzene rings is 1. The van der Waals surface area contributed by atoms with Gasteiger partial charge in [-0.25, -0.2) is 14.4 Å². The molecule has 1 aliphatic heterocycles. The van der Waals surface area contributed by atoms with Crippen LogP contribution in [0.15, 0.2) is 61.1 Å². The van der Waals surface area contributed by atoms with Crippen LogP contribution in [0.2, 0.25) is 0 Å². The molecule has 0 saturated carbocycles. The van der Waals surface area contributed by atoms with Gasteiger partial charge in [-0.2, -0.15) is 5.10 Å². The van der Waals surface area contributed by atoms with Crippen molar-refractivity contribution < 1.29 is 9.18 Å². The zero-order chi connectivity index (χ0) is 28.6. The lowest BCUT2D eigenvalue weighted by atomic mass is 9.94. The Labute approximate surface area is 240 Å². The number of fused-ring (bicyclic) bond motifs is 2. The molecule has 7 rings (SSSR count). The highest BCUT2D eigenvalue weighted by atomic mass is 19.1. The molecule has 1 amide bonds. The van der Waals surface area contributed by atoms with Crippen LogP contribution in [0.5, 0.6) is 0 Å². The molecule has 210 valence electrons. The van der Waals surface area contributed by atoms with Gasteiger partial charge in [0.2, 0.25) is 5.91 Å². The maximum Gasteiger partial charge on any atom is 0.224 e. The molecule has 1 fully saturated rings. The van der Waals surface area contributed by atoms with E-state index in [-0.39, 0.29) is 11.7 Å². The van der Waals surface area contributed by atoms with Crippen molar-refractivity contribution in [3.8, 4) is 34.0 Å². The minimum Gasteiger partial charge on any atom is -0.336 e. The van der Waals surface area contributed by atoms with Crippen LogP contribution in [0.1, 0.15) is 24.8 Å². The predicted molar refractivity (Wildman–Crippen MR) is 159 cm³/mol. The minimum absolute atomic E-state index is 0.00599. The van der Waals surface area contributed by atoms with Gasteiger partial charge < -0.3 is 15.6 Å². The fourth-order valence-electron chi connectivity index (χ4n) is 5.57. The molecule has 0 bridgehead atoms. The van der Waals surface area contributed by atoms with E-state index in [9.17, 15) is 9.18 Å². The molecule has 0 unspecified atom stereocenters. The van der Waals surface area contributed by atoms with E-state index in [1.807, 2.05) is 37.3 Å². The molecule has 0 aliphatic carbocycles. The Morgan fingerprint density at radius 1 is 0.976 bits per heavy atom. The maximum atomic E-state index is 14.2. The number of aromatic nitrogens is 7. The number of nitrogens with zero attached hydrogens (tertiary/aromatic N) is 5. The molecule has 0 atom stereocenters. The SMILES string of the molecule is Cc1cc(F)cc(-c2nccc3[nH]c(-c4n[nH]c5ccc(-c6cncc(NC(=O)CC7CCNCC7)c6)nc45)nc23)c1. The van der Waals surface area contributed by atoms with Crippen molar-refractivity contribution in [2.75, 3.05) is 18.4 Å². The second-order valence-corrected chi connectivity index (χ2v) is 10.7. The first-order chi connectivity index (χ1) is 20.5. The van der Waals surface area contributed by atoms with Crippen molar-refractivity contribution in [3.63, 3.8) is 0 Å². The number of nitrogens with one attached hydrogen (secondary N) is 4. The fraction of sp³-hybridized carbons (Fsp3) is 0.226. The number of H-pyrrole nitrogens is 2.